The first-order valence-corrected chi connectivity index (χ1v) is 11.2. The number of piperazine rings is 1. The highest BCUT2D eigenvalue weighted by Gasteiger charge is 2.30. The largest absolute Gasteiger partial charge is 0.338 e. The van der Waals surface area contributed by atoms with Crippen molar-refractivity contribution >= 4 is 10.0 Å². The van der Waals surface area contributed by atoms with Gasteiger partial charge >= 0.3 is 0 Å². The van der Waals surface area contributed by atoms with Crippen molar-refractivity contribution in [3.05, 3.63) is 47.6 Å². The average molecular weight is 393 g/mol. The molecule has 0 saturated carbocycles. The van der Waals surface area contributed by atoms with Gasteiger partial charge in [0.15, 0.2) is 5.82 Å². The molecule has 1 aliphatic heterocycles. The Labute approximate surface area is 161 Å². The van der Waals surface area contributed by atoms with Crippen molar-refractivity contribution in [2.45, 2.75) is 44.9 Å². The molecule has 3 rings (SSSR count). The number of hydrogen-bond acceptors (Lipinski definition) is 6. The van der Waals surface area contributed by atoms with Crippen molar-refractivity contribution in [1.29, 1.82) is 0 Å². The minimum atomic E-state index is -3.30. The van der Waals surface area contributed by atoms with Crippen molar-refractivity contribution in [1.82, 2.24) is 19.3 Å². The zero-order valence-corrected chi connectivity index (χ0v) is 16.9. The first-order chi connectivity index (χ1) is 13.0. The molecule has 0 N–H and O–H groups in total. The molecule has 8 heteroatoms. The third kappa shape index (κ3) is 5.15. The summed E-state index contributed by atoms with van der Waals surface area (Å²) in [5, 5.41) is 4.05. The molecule has 2 aromatic rings. The van der Waals surface area contributed by atoms with E-state index in [4.69, 9.17) is 4.52 Å². The smallest absolute Gasteiger partial charge is 0.243 e. The molecule has 0 radical (unpaired) electrons. The molecule has 0 amide bonds. The van der Waals surface area contributed by atoms with Gasteiger partial charge in [-0.3, -0.25) is 4.90 Å². The summed E-state index contributed by atoms with van der Waals surface area (Å²) in [6, 6.07) is 9.31. The lowest BCUT2D eigenvalue weighted by molar-refractivity contribution is 0.124. The van der Waals surface area contributed by atoms with E-state index >= 15 is 0 Å². The van der Waals surface area contributed by atoms with Crippen molar-refractivity contribution < 1.29 is 12.9 Å². The molecule has 1 fully saturated rings. The van der Waals surface area contributed by atoms with Crippen molar-refractivity contribution in [2.24, 2.45) is 0 Å². The minimum absolute atomic E-state index is 0.00754. The van der Waals surface area contributed by atoms with Crippen LogP contribution in [0.15, 0.2) is 34.9 Å². The molecule has 1 atom stereocenters. The maximum absolute atomic E-state index is 12.7. The van der Waals surface area contributed by atoms with Crippen LogP contribution >= 0.6 is 0 Å². The van der Waals surface area contributed by atoms with E-state index < -0.39 is 10.0 Å². The van der Waals surface area contributed by atoms with Gasteiger partial charge in [-0.05, 0) is 18.9 Å². The zero-order valence-electron chi connectivity index (χ0n) is 16.0. The van der Waals surface area contributed by atoms with Crippen LogP contribution in [0.25, 0.3) is 0 Å². The second-order valence-corrected chi connectivity index (χ2v) is 8.97. The Morgan fingerprint density at radius 1 is 1.15 bits per heavy atom. The summed E-state index contributed by atoms with van der Waals surface area (Å²) in [4.78, 5) is 6.70. The molecule has 1 saturated heterocycles. The fourth-order valence-electron chi connectivity index (χ4n) is 3.27. The molecule has 0 aliphatic carbocycles. The topological polar surface area (TPSA) is 79.5 Å². The van der Waals surface area contributed by atoms with Crippen molar-refractivity contribution in [3.63, 3.8) is 0 Å². The molecule has 1 aromatic heterocycles. The zero-order chi connectivity index (χ0) is 19.3. The number of sulfonamides is 1. The third-order valence-electron chi connectivity index (χ3n) is 5.00. The van der Waals surface area contributed by atoms with Crippen LogP contribution in [-0.2, 0) is 22.2 Å². The van der Waals surface area contributed by atoms with E-state index in [0.717, 1.165) is 30.7 Å². The lowest BCUT2D eigenvalue weighted by Gasteiger charge is -2.36. The van der Waals surface area contributed by atoms with Gasteiger partial charge in [-0.1, -0.05) is 48.8 Å². The molecule has 7 nitrogen and oxygen atoms in total. The average Bonchev–Trinajstić information content (AvgIpc) is 3.15. The maximum Gasteiger partial charge on any atom is 0.243 e. The minimum Gasteiger partial charge on any atom is -0.338 e. The van der Waals surface area contributed by atoms with Gasteiger partial charge in [-0.15, -0.1) is 0 Å². The fraction of sp³-hybridized carbons (Fsp3) is 0.579. The molecule has 2 heterocycles. The standard InChI is InChI=1S/C19H28N4O3S/c1-3-4-10-18-20-19(26-21-18)16(2)22-11-13-23(14-12-22)27(24,25)15-17-8-6-5-7-9-17/h5-9,16H,3-4,10-15H2,1-2H3. The highest BCUT2D eigenvalue weighted by atomic mass is 32.2. The van der Waals surface area contributed by atoms with E-state index in [1.165, 1.54) is 0 Å². The van der Waals surface area contributed by atoms with Gasteiger partial charge in [-0.25, -0.2) is 8.42 Å². The van der Waals surface area contributed by atoms with Gasteiger partial charge in [-0.2, -0.15) is 9.29 Å². The monoisotopic (exact) mass is 392 g/mol. The second kappa shape index (κ2) is 8.95. The summed E-state index contributed by atoms with van der Waals surface area (Å²) in [5.74, 6) is 1.41. The van der Waals surface area contributed by atoms with Crippen LogP contribution in [-0.4, -0.2) is 53.9 Å². The summed E-state index contributed by atoms with van der Waals surface area (Å²) < 4.78 is 32.3. The van der Waals surface area contributed by atoms with Gasteiger partial charge in [0.1, 0.15) is 0 Å². The van der Waals surface area contributed by atoms with E-state index in [2.05, 4.69) is 22.0 Å². The van der Waals surface area contributed by atoms with E-state index in [1.54, 1.807) is 4.31 Å². The van der Waals surface area contributed by atoms with E-state index in [9.17, 15) is 8.42 Å². The Morgan fingerprint density at radius 2 is 1.85 bits per heavy atom. The molecule has 1 aromatic carbocycles. The van der Waals surface area contributed by atoms with Crippen LogP contribution in [0.5, 0.6) is 0 Å². The van der Waals surface area contributed by atoms with Gasteiger partial charge in [0.25, 0.3) is 0 Å². The molecule has 148 valence electrons. The quantitative estimate of drug-likeness (QED) is 0.687. The predicted octanol–water partition coefficient (Wildman–Crippen LogP) is 2.62. The predicted molar refractivity (Wildman–Crippen MR) is 104 cm³/mol. The van der Waals surface area contributed by atoms with Crippen LogP contribution in [0.1, 0.15) is 50.0 Å². The molecule has 1 unspecified atom stereocenters. The normalized spacial score (nSPS) is 17.9. The number of rotatable bonds is 8. The van der Waals surface area contributed by atoms with Gasteiger partial charge in [0, 0.05) is 32.6 Å². The molecule has 0 spiro atoms. The lowest BCUT2D eigenvalue weighted by atomic mass is 10.2. The Hall–Kier alpha value is -1.77. The summed E-state index contributed by atoms with van der Waals surface area (Å²) >= 11 is 0. The maximum atomic E-state index is 12.7. The molecular weight excluding hydrogens is 364 g/mol. The second-order valence-electron chi connectivity index (χ2n) is 7.01. The summed E-state index contributed by atoms with van der Waals surface area (Å²) in [5.41, 5.74) is 0.818. The molecule has 0 bridgehead atoms. The van der Waals surface area contributed by atoms with Crippen LogP contribution in [0.4, 0.5) is 0 Å². The van der Waals surface area contributed by atoms with Crippen molar-refractivity contribution in [2.75, 3.05) is 26.2 Å². The van der Waals surface area contributed by atoms with Crippen LogP contribution in [0, 0.1) is 0 Å². The number of aryl methyl sites for hydroxylation is 1. The van der Waals surface area contributed by atoms with Crippen LogP contribution in [0.3, 0.4) is 0 Å². The Balaban J connectivity index is 1.55. The Kier molecular flexibility index (Phi) is 6.62. The summed E-state index contributed by atoms with van der Waals surface area (Å²) in [6.45, 7) is 6.44. The number of aromatic nitrogens is 2. The van der Waals surface area contributed by atoms with Gasteiger partial charge in [0.05, 0.1) is 11.8 Å². The van der Waals surface area contributed by atoms with E-state index in [1.807, 2.05) is 37.3 Å². The third-order valence-corrected chi connectivity index (χ3v) is 6.85. The van der Waals surface area contributed by atoms with E-state index in [0.29, 0.717) is 32.1 Å². The Bertz CT molecular complexity index is 814. The fourth-order valence-corrected chi connectivity index (χ4v) is 4.79. The lowest BCUT2D eigenvalue weighted by Crippen LogP contribution is -2.49. The first kappa shape index (κ1) is 20.0. The first-order valence-electron chi connectivity index (χ1n) is 9.58. The van der Waals surface area contributed by atoms with Crippen molar-refractivity contribution in [3.8, 4) is 0 Å². The van der Waals surface area contributed by atoms with E-state index in [-0.39, 0.29) is 11.8 Å². The number of unbranched alkanes of at least 4 members (excludes halogenated alkanes) is 1. The highest BCUT2D eigenvalue weighted by molar-refractivity contribution is 7.88. The summed E-state index contributed by atoms with van der Waals surface area (Å²) in [7, 11) is -3.30. The summed E-state index contributed by atoms with van der Waals surface area (Å²) in [6.07, 6.45) is 2.97. The van der Waals surface area contributed by atoms with Gasteiger partial charge < -0.3 is 4.52 Å². The van der Waals surface area contributed by atoms with Crippen LogP contribution in [0.2, 0.25) is 0 Å². The molecule has 1 aliphatic rings. The SMILES string of the molecule is CCCCc1noc(C(C)N2CCN(S(=O)(=O)Cc3ccccc3)CC2)n1. The van der Waals surface area contributed by atoms with Crippen LogP contribution < -0.4 is 0 Å². The number of benzene rings is 1. The Morgan fingerprint density at radius 3 is 2.52 bits per heavy atom. The van der Waals surface area contributed by atoms with Gasteiger partial charge in [0.2, 0.25) is 15.9 Å². The molecular formula is C19H28N4O3S. The highest BCUT2D eigenvalue weighted by Crippen LogP contribution is 2.22. The molecule has 27 heavy (non-hydrogen) atoms. The number of nitrogens with zero attached hydrogens (tertiary/aromatic N) is 4. The number of hydrogen-bond donors (Lipinski definition) is 0.